The van der Waals surface area contributed by atoms with E-state index in [1.54, 1.807) is 0 Å². The van der Waals surface area contributed by atoms with Crippen molar-refractivity contribution in [2.45, 2.75) is 44.1 Å². The van der Waals surface area contributed by atoms with Gasteiger partial charge >= 0.3 is 5.97 Å². The molecule has 1 aromatic carbocycles. The van der Waals surface area contributed by atoms with Crippen LogP contribution in [0.25, 0.3) is 22.3 Å². The number of carboxylic acid groups (broad SMARTS) is 1. The maximum Gasteiger partial charge on any atom is 0.307 e. The van der Waals surface area contributed by atoms with Crippen molar-refractivity contribution < 1.29 is 29.6 Å². The molecule has 8 atom stereocenters. The number of fused-ring (bicyclic) bond motifs is 2. The normalized spacial score (nSPS) is 37.5. The van der Waals surface area contributed by atoms with Gasteiger partial charge in [0.25, 0.3) is 0 Å². The molecular formula is C25H18Cl6O7. The highest BCUT2D eigenvalue weighted by molar-refractivity contribution is 6.58. The van der Waals surface area contributed by atoms with Gasteiger partial charge in [-0.25, -0.2) is 0 Å². The van der Waals surface area contributed by atoms with Gasteiger partial charge in [0.15, 0.2) is 17.1 Å². The van der Waals surface area contributed by atoms with E-state index in [9.17, 15) is 30.0 Å². The Morgan fingerprint density at radius 2 is 1.66 bits per heavy atom. The first-order valence-electron chi connectivity index (χ1n) is 11.6. The summed E-state index contributed by atoms with van der Waals surface area (Å²) in [4.78, 5) is 23.5. The summed E-state index contributed by atoms with van der Waals surface area (Å²) in [5.41, 5.74) is -1.58. The molecule has 4 aliphatic carbocycles. The predicted molar refractivity (Wildman–Crippen MR) is 145 cm³/mol. The van der Waals surface area contributed by atoms with Gasteiger partial charge in [-0.05, 0) is 54.5 Å². The van der Waals surface area contributed by atoms with Gasteiger partial charge in [0.1, 0.15) is 4.33 Å². The summed E-state index contributed by atoms with van der Waals surface area (Å²) in [6.45, 7) is 0. The second-order valence-corrected chi connectivity index (χ2v) is 13.7. The van der Waals surface area contributed by atoms with Crippen molar-refractivity contribution in [3.63, 3.8) is 0 Å². The molecule has 5 aliphatic rings. The van der Waals surface area contributed by atoms with Crippen LogP contribution in [0.2, 0.25) is 0 Å². The number of rotatable bonds is 2. The fraction of sp³-hybridized carbons (Fsp3) is 0.440. The van der Waals surface area contributed by atoms with Gasteiger partial charge in [0.05, 0.1) is 26.9 Å². The fourth-order valence-electron chi connectivity index (χ4n) is 7.14. The zero-order chi connectivity index (χ0) is 27.7. The number of alkyl halides is 6. The van der Waals surface area contributed by atoms with E-state index in [2.05, 4.69) is 0 Å². The molecule has 0 aromatic heterocycles. The summed E-state index contributed by atoms with van der Waals surface area (Å²) in [5, 5.41) is 39.3. The molecule has 0 amide bonds. The Bertz CT molecular complexity index is 1560. The fourth-order valence-corrected chi connectivity index (χ4v) is 10.7. The van der Waals surface area contributed by atoms with Crippen LogP contribution in [0.5, 0.6) is 17.2 Å². The monoisotopic (exact) mass is 640 g/mol. The SMILES string of the molecule is O=C(O)C1CC2C3(Cl)C(Cl)C(Cl)C(Cl)C2(C[C@@H]1c1c2ccc(=O)c(O)c-2oc2c(O)c(O)ccc12)C3(Cl)Cl. The van der Waals surface area contributed by atoms with Crippen LogP contribution >= 0.6 is 69.6 Å². The smallest absolute Gasteiger partial charge is 0.307 e. The van der Waals surface area contributed by atoms with Gasteiger partial charge < -0.3 is 24.8 Å². The van der Waals surface area contributed by atoms with Gasteiger partial charge in [-0.3, -0.25) is 9.59 Å². The number of aromatic hydroxyl groups is 3. The summed E-state index contributed by atoms with van der Waals surface area (Å²) in [7, 11) is 0. The van der Waals surface area contributed by atoms with E-state index in [1.165, 1.54) is 18.2 Å². The van der Waals surface area contributed by atoms with Crippen molar-refractivity contribution in [3.8, 4) is 28.6 Å². The van der Waals surface area contributed by atoms with Crippen LogP contribution in [0.3, 0.4) is 0 Å². The summed E-state index contributed by atoms with van der Waals surface area (Å²) in [5.74, 6) is -5.85. The minimum Gasteiger partial charge on any atom is -0.504 e. The molecule has 6 rings (SSSR count). The van der Waals surface area contributed by atoms with Gasteiger partial charge in [-0.1, -0.05) is 23.2 Å². The number of carbonyl (C=O) groups is 1. The summed E-state index contributed by atoms with van der Waals surface area (Å²) in [6.07, 6.45) is 0.0122. The van der Waals surface area contributed by atoms with E-state index in [0.717, 1.165) is 6.07 Å². The average molecular weight is 643 g/mol. The molecule has 3 saturated carbocycles. The molecule has 13 heteroatoms. The predicted octanol–water partition coefficient (Wildman–Crippen LogP) is 6.20. The first-order valence-corrected chi connectivity index (χ1v) is 14.0. The van der Waals surface area contributed by atoms with Crippen molar-refractivity contribution in [1.82, 2.24) is 0 Å². The van der Waals surface area contributed by atoms with Crippen LogP contribution in [-0.4, -0.2) is 51.7 Å². The summed E-state index contributed by atoms with van der Waals surface area (Å²) < 4.78 is 4.03. The maximum absolute atomic E-state index is 12.7. The standard InChI is InChI=1S/C25H18Cl6O7/c26-15-20(27)23-6-10(9(22(36)37)5-13(23)24(29,21(15)28)25(23,30)31)14-7-1-3-11(32)16(34)18(7)38-19-8(14)2-4-12(33)17(19)35/h1-4,9-10,13,15,20-21,32,34-35H,5-6H2,(H,36,37)/t9?,10-,13?,15?,20?,21?,23?,24?/m0/s1. The van der Waals surface area contributed by atoms with Crippen LogP contribution in [0.15, 0.2) is 33.5 Å². The van der Waals surface area contributed by atoms with Gasteiger partial charge in [-0.2, -0.15) is 0 Å². The molecule has 0 saturated heterocycles. The van der Waals surface area contributed by atoms with Crippen molar-refractivity contribution in [2.75, 3.05) is 0 Å². The zero-order valence-corrected chi connectivity index (χ0v) is 23.5. The first kappa shape index (κ1) is 26.7. The second-order valence-electron chi connectivity index (χ2n) is 10.3. The molecule has 3 fully saturated rings. The van der Waals surface area contributed by atoms with Crippen molar-refractivity contribution in [1.29, 1.82) is 0 Å². The maximum atomic E-state index is 12.7. The molecule has 1 aliphatic heterocycles. The molecule has 1 aromatic rings. The molecule has 7 nitrogen and oxygen atoms in total. The van der Waals surface area contributed by atoms with Gasteiger partial charge in [0, 0.05) is 16.4 Å². The molecule has 2 bridgehead atoms. The Labute approximate surface area is 245 Å². The zero-order valence-electron chi connectivity index (χ0n) is 19.0. The number of hydrogen-bond acceptors (Lipinski definition) is 6. The summed E-state index contributed by atoms with van der Waals surface area (Å²) in [6, 6.07) is 5.21. The van der Waals surface area contributed by atoms with Gasteiger partial charge in [-0.15, -0.1) is 46.4 Å². The third-order valence-corrected chi connectivity index (χ3v) is 13.3. The Balaban J connectivity index is 1.66. The largest absolute Gasteiger partial charge is 0.504 e. The van der Waals surface area contributed by atoms with Crippen molar-refractivity contribution in [2.24, 2.45) is 17.3 Å². The molecule has 4 N–H and O–H groups in total. The molecule has 38 heavy (non-hydrogen) atoms. The number of phenols is 3. The molecule has 0 spiro atoms. The lowest BCUT2D eigenvalue weighted by Crippen LogP contribution is -2.87. The topological polar surface area (TPSA) is 128 Å². The van der Waals surface area contributed by atoms with Gasteiger partial charge in [0.2, 0.25) is 16.9 Å². The highest BCUT2D eigenvalue weighted by atomic mass is 35.5. The Hall–Kier alpha value is -1.48. The Kier molecular flexibility index (Phi) is 5.82. The number of benzene rings is 2. The van der Waals surface area contributed by atoms with E-state index in [-0.39, 0.29) is 35.1 Å². The third kappa shape index (κ3) is 2.91. The lowest BCUT2D eigenvalue weighted by atomic mass is 9.38. The molecular weight excluding hydrogens is 625 g/mol. The first-order chi connectivity index (χ1) is 17.7. The Morgan fingerprint density at radius 1 is 0.974 bits per heavy atom. The lowest BCUT2D eigenvalue weighted by molar-refractivity contribution is -0.160. The second kappa shape index (κ2) is 8.27. The van der Waals surface area contributed by atoms with Crippen molar-refractivity contribution >= 4 is 86.5 Å². The number of phenolic OH excluding ortho intramolecular Hbond substituents is 3. The summed E-state index contributed by atoms with van der Waals surface area (Å²) >= 11 is 40.9. The number of aliphatic carboxylic acids is 1. The third-order valence-electron chi connectivity index (χ3n) is 8.86. The number of halogens is 6. The average Bonchev–Trinajstić information content (AvgIpc) is 2.88. The minimum absolute atomic E-state index is 0.00541. The quantitative estimate of drug-likeness (QED) is 0.149. The molecule has 7 unspecified atom stereocenters. The van der Waals surface area contributed by atoms with E-state index in [1.807, 2.05) is 0 Å². The molecule has 0 radical (unpaired) electrons. The number of hydrogen-bond donors (Lipinski definition) is 4. The molecule has 1 heterocycles. The molecule has 202 valence electrons. The van der Waals surface area contributed by atoms with Crippen LogP contribution in [-0.2, 0) is 4.79 Å². The van der Waals surface area contributed by atoms with Crippen LogP contribution < -0.4 is 5.43 Å². The van der Waals surface area contributed by atoms with E-state index in [0.29, 0.717) is 5.56 Å². The van der Waals surface area contributed by atoms with E-state index >= 15 is 0 Å². The van der Waals surface area contributed by atoms with Crippen molar-refractivity contribution in [3.05, 3.63) is 40.1 Å². The van der Waals surface area contributed by atoms with E-state index in [4.69, 9.17) is 74.0 Å². The van der Waals surface area contributed by atoms with E-state index < -0.39 is 77.2 Å². The highest BCUT2D eigenvalue weighted by Crippen LogP contribution is 2.83. The highest BCUT2D eigenvalue weighted by Gasteiger charge is 2.88. The van der Waals surface area contributed by atoms with Crippen LogP contribution in [0, 0.1) is 17.3 Å². The Morgan fingerprint density at radius 3 is 2.32 bits per heavy atom. The minimum atomic E-state index is -1.67. The number of carboxylic acids is 1. The lowest BCUT2D eigenvalue weighted by Gasteiger charge is -2.78. The van der Waals surface area contributed by atoms with Crippen LogP contribution in [0.1, 0.15) is 24.3 Å². The van der Waals surface area contributed by atoms with Crippen LogP contribution in [0.4, 0.5) is 0 Å².